The summed E-state index contributed by atoms with van der Waals surface area (Å²) in [5.74, 6) is 1.26. The van der Waals surface area contributed by atoms with Gasteiger partial charge in [-0.05, 0) is 54.9 Å². The highest BCUT2D eigenvalue weighted by Crippen LogP contribution is 2.63. The van der Waals surface area contributed by atoms with Crippen molar-refractivity contribution in [2.24, 2.45) is 21.8 Å². The molecule has 0 aromatic heterocycles. The van der Waals surface area contributed by atoms with Crippen LogP contribution in [0.15, 0.2) is 29.4 Å². The minimum absolute atomic E-state index is 0.116. The van der Waals surface area contributed by atoms with Crippen molar-refractivity contribution < 1.29 is 9.53 Å². The highest BCUT2D eigenvalue weighted by atomic mass is 16.5. The second-order valence-corrected chi connectivity index (χ2v) is 7.22. The third-order valence-corrected chi connectivity index (χ3v) is 6.16. The summed E-state index contributed by atoms with van der Waals surface area (Å²) < 4.78 is 5.10. The van der Waals surface area contributed by atoms with E-state index in [-0.39, 0.29) is 16.7 Å². The first-order chi connectivity index (χ1) is 10.4. The Kier molecular flexibility index (Phi) is 3.50. The van der Waals surface area contributed by atoms with Crippen molar-refractivity contribution in [2.45, 2.75) is 40.0 Å². The molecule has 0 aliphatic heterocycles. The van der Waals surface area contributed by atoms with E-state index in [4.69, 9.17) is 4.74 Å². The second kappa shape index (κ2) is 5.11. The van der Waals surface area contributed by atoms with Gasteiger partial charge in [-0.2, -0.15) is 5.10 Å². The molecule has 4 heteroatoms. The third kappa shape index (κ3) is 2.13. The summed E-state index contributed by atoms with van der Waals surface area (Å²) in [6, 6.07) is 7.07. The Balaban J connectivity index is 1.73. The lowest BCUT2D eigenvalue weighted by molar-refractivity contribution is 0.0954. The number of fused-ring (bicyclic) bond motifs is 2. The zero-order chi connectivity index (χ0) is 16.0. The maximum atomic E-state index is 12.2. The molecule has 1 amide bonds. The first-order valence-electron chi connectivity index (χ1n) is 7.90. The van der Waals surface area contributed by atoms with Gasteiger partial charge in [0.25, 0.3) is 5.91 Å². The van der Waals surface area contributed by atoms with Crippen LogP contribution in [0, 0.1) is 16.7 Å². The van der Waals surface area contributed by atoms with Crippen LogP contribution in [0.5, 0.6) is 5.75 Å². The largest absolute Gasteiger partial charge is 0.497 e. The van der Waals surface area contributed by atoms with Crippen LogP contribution in [-0.4, -0.2) is 18.7 Å². The Labute approximate surface area is 131 Å². The van der Waals surface area contributed by atoms with Crippen LogP contribution in [0.4, 0.5) is 0 Å². The first-order valence-corrected chi connectivity index (χ1v) is 7.90. The Morgan fingerprint density at radius 1 is 1.27 bits per heavy atom. The van der Waals surface area contributed by atoms with Crippen molar-refractivity contribution in [2.75, 3.05) is 7.11 Å². The van der Waals surface area contributed by atoms with Crippen LogP contribution in [0.2, 0.25) is 0 Å². The van der Waals surface area contributed by atoms with E-state index in [1.807, 2.05) is 0 Å². The van der Waals surface area contributed by atoms with E-state index in [1.54, 1.807) is 31.4 Å². The molecule has 118 valence electrons. The molecule has 1 N–H and O–H groups in total. The van der Waals surface area contributed by atoms with Gasteiger partial charge in [0.1, 0.15) is 5.75 Å². The summed E-state index contributed by atoms with van der Waals surface area (Å²) in [7, 11) is 1.61. The van der Waals surface area contributed by atoms with E-state index in [1.165, 1.54) is 12.8 Å². The number of hydrazone groups is 1. The molecule has 0 radical (unpaired) electrons. The van der Waals surface area contributed by atoms with Crippen molar-refractivity contribution in [3.63, 3.8) is 0 Å². The quantitative estimate of drug-likeness (QED) is 0.867. The molecule has 1 aromatic carbocycles. The number of rotatable bonds is 3. The van der Waals surface area contributed by atoms with Crippen LogP contribution in [0.3, 0.4) is 0 Å². The minimum atomic E-state index is -0.167. The number of hydrogen-bond donors (Lipinski definition) is 1. The molecular weight excluding hydrogens is 276 g/mol. The van der Waals surface area contributed by atoms with Crippen LogP contribution < -0.4 is 10.2 Å². The lowest BCUT2D eigenvalue weighted by atomic mass is 9.70. The minimum Gasteiger partial charge on any atom is -0.497 e. The summed E-state index contributed by atoms with van der Waals surface area (Å²) >= 11 is 0. The average Bonchev–Trinajstić information content (AvgIpc) is 2.85. The molecule has 0 saturated heterocycles. The fourth-order valence-corrected chi connectivity index (χ4v) is 4.02. The smallest absolute Gasteiger partial charge is 0.271 e. The summed E-state index contributed by atoms with van der Waals surface area (Å²) in [4.78, 5) is 12.2. The number of methoxy groups -OCH3 is 1. The zero-order valence-corrected chi connectivity index (χ0v) is 13.8. The Morgan fingerprint density at radius 3 is 2.45 bits per heavy atom. The van der Waals surface area contributed by atoms with Gasteiger partial charge in [0.15, 0.2) is 0 Å². The lowest BCUT2D eigenvalue weighted by Gasteiger charge is -2.34. The second-order valence-electron chi connectivity index (χ2n) is 7.22. The van der Waals surface area contributed by atoms with E-state index >= 15 is 0 Å². The summed E-state index contributed by atoms with van der Waals surface area (Å²) in [5.41, 5.74) is 4.87. The first kappa shape index (κ1) is 15.1. The molecule has 2 fully saturated rings. The molecule has 2 saturated carbocycles. The summed E-state index contributed by atoms with van der Waals surface area (Å²) in [5, 5.41) is 4.48. The molecule has 1 aromatic rings. The number of nitrogens with one attached hydrogen (secondary N) is 1. The standard InChI is InChI=1S/C18H24N2O2/c1-17(2)13-9-10-18(17,3)15(11-13)19-20-16(21)12-5-7-14(22-4)8-6-12/h5-8,13H,9-11H2,1-4H3,(H,20,21)/b19-15-/t13-,18-/m0/s1. The molecular formula is C18H24N2O2. The van der Waals surface area contributed by atoms with Gasteiger partial charge < -0.3 is 4.74 Å². The number of hydrogen-bond acceptors (Lipinski definition) is 3. The number of amides is 1. The van der Waals surface area contributed by atoms with Gasteiger partial charge in [-0.15, -0.1) is 0 Å². The van der Waals surface area contributed by atoms with Crippen molar-refractivity contribution in [3.8, 4) is 5.75 Å². The van der Waals surface area contributed by atoms with Crippen molar-refractivity contribution >= 4 is 11.6 Å². The van der Waals surface area contributed by atoms with E-state index in [2.05, 4.69) is 31.3 Å². The van der Waals surface area contributed by atoms with E-state index in [0.717, 1.165) is 17.9 Å². The van der Waals surface area contributed by atoms with Gasteiger partial charge in [0.05, 0.1) is 7.11 Å². The van der Waals surface area contributed by atoms with E-state index in [9.17, 15) is 4.79 Å². The van der Waals surface area contributed by atoms with Crippen LogP contribution in [-0.2, 0) is 0 Å². The number of benzene rings is 1. The fourth-order valence-electron chi connectivity index (χ4n) is 4.02. The lowest BCUT2D eigenvalue weighted by Crippen LogP contribution is -2.34. The number of ether oxygens (including phenoxy) is 1. The molecule has 3 rings (SSSR count). The Bertz CT molecular complexity index is 618. The Morgan fingerprint density at radius 2 is 1.95 bits per heavy atom. The maximum Gasteiger partial charge on any atom is 0.271 e. The van der Waals surface area contributed by atoms with E-state index < -0.39 is 0 Å². The van der Waals surface area contributed by atoms with Crippen molar-refractivity contribution in [3.05, 3.63) is 29.8 Å². The third-order valence-electron chi connectivity index (χ3n) is 6.16. The molecule has 4 nitrogen and oxygen atoms in total. The molecule has 2 atom stereocenters. The van der Waals surface area contributed by atoms with Crippen molar-refractivity contribution in [1.29, 1.82) is 0 Å². The molecule has 0 unspecified atom stereocenters. The van der Waals surface area contributed by atoms with Gasteiger partial charge in [0.2, 0.25) is 0 Å². The molecule has 2 aliphatic carbocycles. The molecule has 2 aliphatic rings. The number of nitrogens with zero attached hydrogens (tertiary/aromatic N) is 1. The molecule has 0 spiro atoms. The summed E-state index contributed by atoms with van der Waals surface area (Å²) in [6.07, 6.45) is 3.45. The molecule has 0 heterocycles. The number of carbonyl (C=O) groups excluding carboxylic acids is 1. The highest BCUT2D eigenvalue weighted by molar-refractivity contribution is 5.98. The average molecular weight is 300 g/mol. The Hall–Kier alpha value is -1.84. The molecule has 2 bridgehead atoms. The highest BCUT2D eigenvalue weighted by Gasteiger charge is 2.59. The summed E-state index contributed by atoms with van der Waals surface area (Å²) in [6.45, 7) is 6.95. The van der Waals surface area contributed by atoms with Gasteiger partial charge >= 0.3 is 0 Å². The maximum absolute atomic E-state index is 12.2. The zero-order valence-electron chi connectivity index (χ0n) is 13.8. The van der Waals surface area contributed by atoms with Gasteiger partial charge in [-0.1, -0.05) is 20.8 Å². The van der Waals surface area contributed by atoms with Crippen molar-refractivity contribution in [1.82, 2.24) is 5.43 Å². The van der Waals surface area contributed by atoms with E-state index in [0.29, 0.717) is 11.5 Å². The number of carbonyl (C=O) groups is 1. The predicted octanol–water partition coefficient (Wildman–Crippen LogP) is 3.63. The predicted molar refractivity (Wildman–Crippen MR) is 87.1 cm³/mol. The van der Waals surface area contributed by atoms with Crippen LogP contribution >= 0.6 is 0 Å². The SMILES string of the molecule is COc1ccc(C(=O)N/N=C2/C[C@@H]3CC[C@]2(C)C3(C)C)cc1. The van der Waals surface area contributed by atoms with Gasteiger partial charge in [-0.25, -0.2) is 5.43 Å². The fraction of sp³-hybridized carbons (Fsp3) is 0.556. The van der Waals surface area contributed by atoms with Gasteiger partial charge in [0, 0.05) is 16.7 Å². The van der Waals surface area contributed by atoms with Crippen LogP contribution in [0.25, 0.3) is 0 Å². The monoisotopic (exact) mass is 300 g/mol. The normalized spacial score (nSPS) is 30.5. The topological polar surface area (TPSA) is 50.7 Å². The molecule has 22 heavy (non-hydrogen) atoms. The van der Waals surface area contributed by atoms with Gasteiger partial charge in [-0.3, -0.25) is 4.79 Å². The van der Waals surface area contributed by atoms with Crippen LogP contribution in [0.1, 0.15) is 50.4 Å².